The molecule has 8 heteroatoms. The Morgan fingerprint density at radius 2 is 2.18 bits per heavy atom. The van der Waals surface area contributed by atoms with Crippen LogP contribution in [0.15, 0.2) is 17.2 Å². The second-order valence-corrected chi connectivity index (χ2v) is 5.42. The van der Waals surface area contributed by atoms with E-state index >= 15 is 0 Å². The fourth-order valence-corrected chi connectivity index (χ4v) is 2.71. The van der Waals surface area contributed by atoms with Crippen molar-refractivity contribution in [2.75, 3.05) is 26.3 Å². The Hall–Kier alpha value is -0.930. The molecule has 0 aliphatic carbocycles. The van der Waals surface area contributed by atoms with E-state index in [9.17, 15) is 8.42 Å². The molecule has 1 aromatic rings. The molecule has 4 N–H and O–H groups in total. The van der Waals surface area contributed by atoms with Gasteiger partial charge < -0.3 is 15.5 Å². The Morgan fingerprint density at radius 1 is 1.47 bits per heavy atom. The topological polar surface area (TPSA) is 100 Å². The van der Waals surface area contributed by atoms with Crippen LogP contribution in [0, 0.1) is 0 Å². The van der Waals surface area contributed by atoms with Gasteiger partial charge in [0.25, 0.3) is 10.0 Å². The number of nitrogens with zero attached hydrogens (tertiary/aromatic N) is 1. The number of nitrogens with one attached hydrogen (secondary N) is 2. The van der Waals surface area contributed by atoms with Crippen molar-refractivity contribution in [3.63, 3.8) is 0 Å². The van der Waals surface area contributed by atoms with Crippen molar-refractivity contribution in [1.82, 2.24) is 14.8 Å². The molecule has 2 heterocycles. The lowest BCUT2D eigenvalue weighted by molar-refractivity contribution is 0.0272. The second-order valence-electron chi connectivity index (χ2n) is 3.76. The zero-order chi connectivity index (χ0) is 12.3. The minimum absolute atomic E-state index is 0.199. The molecule has 96 valence electrons. The van der Waals surface area contributed by atoms with Crippen LogP contribution in [-0.4, -0.2) is 44.7 Å². The van der Waals surface area contributed by atoms with Gasteiger partial charge in [-0.3, -0.25) is 0 Å². The van der Waals surface area contributed by atoms with E-state index < -0.39 is 10.0 Å². The van der Waals surface area contributed by atoms with Gasteiger partial charge in [-0.05, 0) is 6.07 Å². The molecule has 0 radical (unpaired) electrons. The second kappa shape index (κ2) is 5.15. The first-order valence-corrected chi connectivity index (χ1v) is 6.82. The molecule has 0 amide bonds. The molecule has 0 saturated carbocycles. The summed E-state index contributed by atoms with van der Waals surface area (Å²) in [7, 11) is -3.52. The average Bonchev–Trinajstić information content (AvgIpc) is 2.79. The molecule has 0 bridgehead atoms. The third kappa shape index (κ3) is 3.05. The van der Waals surface area contributed by atoms with Gasteiger partial charge in [0.15, 0.2) is 0 Å². The Labute approximate surface area is 100.0 Å². The maximum Gasteiger partial charge on any atom is 0.254 e. The number of aromatic nitrogens is 1. The molecule has 0 aromatic carbocycles. The molecule has 1 aromatic heterocycles. The molecule has 1 aliphatic heterocycles. The largest absolute Gasteiger partial charge is 0.379 e. The number of hydrazine groups is 1. The van der Waals surface area contributed by atoms with Gasteiger partial charge in [0, 0.05) is 31.5 Å². The number of H-pyrrole nitrogens is 1. The predicted octanol–water partition coefficient (Wildman–Crippen LogP) is -1.00. The monoisotopic (exact) mass is 260 g/mol. The summed E-state index contributed by atoms with van der Waals surface area (Å²) in [4.78, 5) is 5.52. The molecular weight excluding hydrogens is 244 g/mol. The Morgan fingerprint density at radius 3 is 2.76 bits per heavy atom. The first-order chi connectivity index (χ1) is 8.12. The third-order valence-electron chi connectivity index (χ3n) is 2.51. The lowest BCUT2D eigenvalue weighted by Crippen LogP contribution is -2.48. The lowest BCUT2D eigenvalue weighted by Gasteiger charge is -2.26. The molecule has 0 spiro atoms. The molecule has 1 saturated heterocycles. The summed E-state index contributed by atoms with van der Waals surface area (Å²) in [5.41, 5.74) is 6.10. The molecule has 17 heavy (non-hydrogen) atoms. The average molecular weight is 260 g/mol. The van der Waals surface area contributed by atoms with E-state index in [1.165, 1.54) is 12.3 Å². The van der Waals surface area contributed by atoms with Crippen molar-refractivity contribution in [1.29, 1.82) is 0 Å². The van der Waals surface area contributed by atoms with E-state index in [1.54, 1.807) is 5.01 Å². The summed E-state index contributed by atoms with van der Waals surface area (Å²) < 4.78 is 29.1. The summed E-state index contributed by atoms with van der Waals surface area (Å²) in [5, 5.41) is 1.63. The number of morpholine rings is 1. The van der Waals surface area contributed by atoms with Crippen molar-refractivity contribution in [2.45, 2.75) is 11.4 Å². The van der Waals surface area contributed by atoms with Gasteiger partial charge in [-0.15, -0.1) is 4.83 Å². The summed E-state index contributed by atoms with van der Waals surface area (Å²) in [6.45, 7) is 2.45. The summed E-state index contributed by atoms with van der Waals surface area (Å²) in [6, 6.07) is 1.53. The Bertz CT molecular complexity index is 464. The summed E-state index contributed by atoms with van der Waals surface area (Å²) in [5.74, 6) is 0. The van der Waals surface area contributed by atoms with Crippen LogP contribution < -0.4 is 10.6 Å². The standard InChI is InChI=1S/C9H16N4O3S/c10-6-8-5-9(7-11-8)17(14,15)12-13-1-3-16-4-2-13/h5,7,11-12H,1-4,6,10H2. The zero-order valence-electron chi connectivity index (χ0n) is 9.35. The van der Waals surface area contributed by atoms with Crippen molar-refractivity contribution >= 4 is 10.0 Å². The zero-order valence-corrected chi connectivity index (χ0v) is 10.2. The van der Waals surface area contributed by atoms with Gasteiger partial charge in [-0.25, -0.2) is 13.4 Å². The smallest absolute Gasteiger partial charge is 0.254 e. The minimum Gasteiger partial charge on any atom is -0.379 e. The summed E-state index contributed by atoms with van der Waals surface area (Å²) in [6.07, 6.45) is 1.44. The first-order valence-electron chi connectivity index (χ1n) is 5.34. The highest BCUT2D eigenvalue weighted by Gasteiger charge is 2.20. The minimum atomic E-state index is -3.52. The number of nitrogens with two attached hydrogens (primary N) is 1. The molecule has 1 fully saturated rings. The first kappa shape index (κ1) is 12.5. The number of hydrogen-bond donors (Lipinski definition) is 3. The predicted molar refractivity (Wildman–Crippen MR) is 61.4 cm³/mol. The van der Waals surface area contributed by atoms with Crippen molar-refractivity contribution in [3.8, 4) is 0 Å². The van der Waals surface area contributed by atoms with E-state index in [0.717, 1.165) is 0 Å². The number of hydrogen-bond acceptors (Lipinski definition) is 5. The number of ether oxygens (including phenoxy) is 1. The molecular formula is C9H16N4O3S. The number of aromatic amines is 1. The van der Waals surface area contributed by atoms with E-state index in [0.29, 0.717) is 32.0 Å². The fraction of sp³-hybridized carbons (Fsp3) is 0.556. The highest BCUT2D eigenvalue weighted by molar-refractivity contribution is 7.89. The Kier molecular flexibility index (Phi) is 3.79. The van der Waals surface area contributed by atoms with Crippen molar-refractivity contribution < 1.29 is 13.2 Å². The maximum atomic E-state index is 12.0. The Balaban J connectivity index is 2.07. The molecule has 0 atom stereocenters. The van der Waals surface area contributed by atoms with Gasteiger partial charge in [0.1, 0.15) is 4.90 Å². The van der Waals surface area contributed by atoms with Crippen LogP contribution in [0.4, 0.5) is 0 Å². The normalized spacial score (nSPS) is 18.4. The SMILES string of the molecule is NCc1cc(S(=O)(=O)NN2CCOCC2)c[nH]1. The van der Waals surface area contributed by atoms with E-state index in [1.807, 2.05) is 0 Å². The van der Waals surface area contributed by atoms with Crippen molar-refractivity contribution in [3.05, 3.63) is 18.0 Å². The summed E-state index contributed by atoms with van der Waals surface area (Å²) >= 11 is 0. The van der Waals surface area contributed by atoms with E-state index in [2.05, 4.69) is 9.82 Å². The van der Waals surface area contributed by atoms with E-state index in [-0.39, 0.29) is 11.4 Å². The molecule has 2 rings (SSSR count). The highest BCUT2D eigenvalue weighted by Crippen LogP contribution is 2.11. The van der Waals surface area contributed by atoms with Crippen molar-refractivity contribution in [2.24, 2.45) is 5.73 Å². The van der Waals surface area contributed by atoms with Gasteiger partial charge >= 0.3 is 0 Å². The number of rotatable bonds is 4. The fourth-order valence-electron chi connectivity index (χ4n) is 1.57. The molecule has 0 unspecified atom stereocenters. The van der Waals surface area contributed by atoms with Crippen LogP contribution in [0.25, 0.3) is 0 Å². The molecule has 1 aliphatic rings. The highest BCUT2D eigenvalue weighted by atomic mass is 32.2. The van der Waals surface area contributed by atoms with Gasteiger partial charge in [0.2, 0.25) is 0 Å². The van der Waals surface area contributed by atoms with Crippen LogP contribution in [0.1, 0.15) is 5.69 Å². The van der Waals surface area contributed by atoms with E-state index in [4.69, 9.17) is 10.5 Å². The van der Waals surface area contributed by atoms with Crippen LogP contribution in [-0.2, 0) is 21.3 Å². The number of sulfonamides is 1. The van der Waals surface area contributed by atoms with Gasteiger partial charge in [-0.1, -0.05) is 0 Å². The molecule has 7 nitrogen and oxygen atoms in total. The van der Waals surface area contributed by atoms with Gasteiger partial charge in [-0.2, -0.15) is 0 Å². The lowest BCUT2D eigenvalue weighted by atomic mass is 10.4. The third-order valence-corrected chi connectivity index (χ3v) is 3.86. The van der Waals surface area contributed by atoms with Crippen LogP contribution in [0.5, 0.6) is 0 Å². The van der Waals surface area contributed by atoms with Crippen LogP contribution >= 0.6 is 0 Å². The van der Waals surface area contributed by atoms with Crippen LogP contribution in [0.3, 0.4) is 0 Å². The maximum absolute atomic E-state index is 12.0. The van der Waals surface area contributed by atoms with Crippen LogP contribution in [0.2, 0.25) is 0 Å². The quantitative estimate of drug-likeness (QED) is 0.644. The van der Waals surface area contributed by atoms with Gasteiger partial charge in [0.05, 0.1) is 13.2 Å².